The Bertz CT molecular complexity index is 936. The van der Waals surface area contributed by atoms with Crippen LogP contribution in [0.4, 0.5) is 0 Å². The molecule has 0 radical (unpaired) electrons. The Morgan fingerprint density at radius 1 is 0.844 bits per heavy atom. The second-order valence-electron chi connectivity index (χ2n) is 10.1. The van der Waals surface area contributed by atoms with Crippen LogP contribution in [-0.2, 0) is 9.47 Å². The first kappa shape index (κ1) is 22.6. The van der Waals surface area contributed by atoms with Crippen LogP contribution in [0.2, 0.25) is 0 Å². The lowest BCUT2D eigenvalue weighted by molar-refractivity contribution is -0.205. The maximum Gasteiger partial charge on any atom is 0.338 e. The summed E-state index contributed by atoms with van der Waals surface area (Å²) >= 11 is 0. The highest BCUT2D eigenvalue weighted by Gasteiger charge is 2.62. The van der Waals surface area contributed by atoms with Gasteiger partial charge in [0.25, 0.3) is 0 Å². The summed E-state index contributed by atoms with van der Waals surface area (Å²) in [6, 6.07) is 18.2. The number of ether oxygens (including phenoxy) is 2. The van der Waals surface area contributed by atoms with E-state index in [1.54, 1.807) is 24.3 Å². The van der Waals surface area contributed by atoms with Crippen LogP contribution in [-0.4, -0.2) is 24.1 Å². The van der Waals surface area contributed by atoms with Crippen LogP contribution in [0.3, 0.4) is 0 Å². The first-order chi connectivity index (χ1) is 15.3. The molecule has 4 heteroatoms. The van der Waals surface area contributed by atoms with Crippen LogP contribution in [0.15, 0.2) is 60.7 Å². The first-order valence-corrected chi connectivity index (χ1v) is 11.9. The molecule has 0 aliphatic heterocycles. The van der Waals surface area contributed by atoms with Gasteiger partial charge < -0.3 is 9.47 Å². The molecule has 0 heterocycles. The summed E-state index contributed by atoms with van der Waals surface area (Å²) in [6.45, 7) is 8.92. The van der Waals surface area contributed by atoms with E-state index in [9.17, 15) is 9.59 Å². The van der Waals surface area contributed by atoms with E-state index >= 15 is 0 Å². The number of rotatable bonds is 6. The largest absolute Gasteiger partial charge is 0.454 e. The Labute approximate surface area is 191 Å². The van der Waals surface area contributed by atoms with E-state index in [-0.39, 0.29) is 23.3 Å². The van der Waals surface area contributed by atoms with Crippen molar-refractivity contribution in [3.8, 4) is 0 Å². The van der Waals surface area contributed by atoms with E-state index in [0.29, 0.717) is 28.9 Å². The van der Waals surface area contributed by atoms with Crippen LogP contribution in [0.5, 0.6) is 0 Å². The van der Waals surface area contributed by atoms with Crippen molar-refractivity contribution in [1.82, 2.24) is 0 Å². The normalized spacial score (nSPS) is 29.2. The molecule has 3 fully saturated rings. The minimum atomic E-state index is -0.448. The second-order valence-corrected chi connectivity index (χ2v) is 10.1. The van der Waals surface area contributed by atoms with E-state index in [1.165, 1.54) is 0 Å². The summed E-state index contributed by atoms with van der Waals surface area (Å²) < 4.78 is 12.4. The molecule has 5 atom stereocenters. The van der Waals surface area contributed by atoms with Gasteiger partial charge in [-0.05, 0) is 61.3 Å². The number of hydrogen-bond acceptors (Lipinski definition) is 4. The van der Waals surface area contributed by atoms with Crippen molar-refractivity contribution < 1.29 is 19.1 Å². The van der Waals surface area contributed by atoms with Gasteiger partial charge in [0, 0.05) is 11.3 Å². The summed E-state index contributed by atoms with van der Waals surface area (Å²) in [5.41, 5.74) is 0.860. The minimum absolute atomic E-state index is 0.192. The average molecular weight is 435 g/mol. The zero-order chi connectivity index (χ0) is 22.9. The van der Waals surface area contributed by atoms with Gasteiger partial charge in [0.1, 0.15) is 12.2 Å². The third-order valence-electron chi connectivity index (χ3n) is 7.90. The maximum absolute atomic E-state index is 13.1. The molecule has 0 saturated heterocycles. The van der Waals surface area contributed by atoms with E-state index in [2.05, 4.69) is 27.7 Å². The Balaban J connectivity index is 1.70. The Morgan fingerprint density at radius 3 is 1.88 bits per heavy atom. The zero-order valence-corrected chi connectivity index (χ0v) is 19.5. The summed E-state index contributed by atoms with van der Waals surface area (Å²) in [7, 11) is 0. The second kappa shape index (κ2) is 9.09. The van der Waals surface area contributed by atoms with Crippen molar-refractivity contribution in [2.75, 3.05) is 0 Å². The van der Waals surface area contributed by atoms with Crippen molar-refractivity contribution in [2.45, 2.75) is 59.2 Å². The number of benzene rings is 2. The molecule has 4 nitrogen and oxygen atoms in total. The highest BCUT2D eigenvalue weighted by molar-refractivity contribution is 5.90. The van der Waals surface area contributed by atoms with Gasteiger partial charge in [0.15, 0.2) is 0 Å². The SMILES string of the molecule is CC(C)C1CC2(C(C)C)CCC1C(OC(=O)c1ccccc1)C2OC(=O)c1ccccc1. The van der Waals surface area contributed by atoms with Crippen molar-refractivity contribution in [2.24, 2.45) is 29.1 Å². The van der Waals surface area contributed by atoms with Crippen LogP contribution in [0, 0.1) is 29.1 Å². The standard InChI is InChI=1S/C28H34O4/c1-18(2)23-17-28(19(3)4)16-15-22(23)24(31-26(29)20-11-7-5-8-12-20)25(28)32-27(30)21-13-9-6-10-14-21/h5-14,18-19,22-25H,15-17H2,1-4H3. The predicted molar refractivity (Wildman–Crippen MR) is 124 cm³/mol. The average Bonchev–Trinajstić information content (AvgIpc) is 2.81. The van der Waals surface area contributed by atoms with Crippen LogP contribution >= 0.6 is 0 Å². The van der Waals surface area contributed by atoms with Crippen LogP contribution in [0.1, 0.15) is 67.7 Å². The molecule has 2 aromatic carbocycles. The van der Waals surface area contributed by atoms with Gasteiger partial charge in [-0.15, -0.1) is 0 Å². The fourth-order valence-corrected chi connectivity index (χ4v) is 6.00. The third-order valence-corrected chi connectivity index (χ3v) is 7.90. The number of carbonyl (C=O) groups excluding carboxylic acids is 2. The number of hydrogen-bond donors (Lipinski definition) is 0. The molecule has 5 rings (SSSR count). The molecular formula is C28H34O4. The zero-order valence-electron chi connectivity index (χ0n) is 19.5. The van der Waals surface area contributed by atoms with Gasteiger partial charge in [0.2, 0.25) is 0 Å². The molecule has 0 aromatic heterocycles. The van der Waals surface area contributed by atoms with E-state index in [4.69, 9.17) is 9.47 Å². The van der Waals surface area contributed by atoms with Crippen molar-refractivity contribution in [3.05, 3.63) is 71.8 Å². The van der Waals surface area contributed by atoms with Gasteiger partial charge >= 0.3 is 11.9 Å². The Kier molecular flexibility index (Phi) is 6.41. The van der Waals surface area contributed by atoms with Gasteiger partial charge in [-0.2, -0.15) is 0 Å². The third kappa shape index (κ3) is 4.07. The number of esters is 2. The number of carbonyl (C=O) groups is 2. The molecule has 170 valence electrons. The molecule has 5 unspecified atom stereocenters. The Hall–Kier alpha value is -2.62. The van der Waals surface area contributed by atoms with Crippen molar-refractivity contribution >= 4 is 11.9 Å². The molecule has 0 N–H and O–H groups in total. The van der Waals surface area contributed by atoms with Gasteiger partial charge in [0.05, 0.1) is 11.1 Å². The predicted octanol–water partition coefficient (Wildman–Crippen LogP) is 6.17. The smallest absolute Gasteiger partial charge is 0.338 e. The van der Waals surface area contributed by atoms with Crippen LogP contribution in [0.25, 0.3) is 0 Å². The summed E-state index contributed by atoms with van der Waals surface area (Å²) in [6.07, 6.45) is 2.10. The maximum atomic E-state index is 13.1. The van der Waals surface area contributed by atoms with Gasteiger partial charge in [-0.3, -0.25) is 0 Å². The molecule has 32 heavy (non-hydrogen) atoms. The fraction of sp³-hybridized carbons (Fsp3) is 0.500. The lowest BCUT2D eigenvalue weighted by Crippen LogP contribution is -2.63. The highest BCUT2D eigenvalue weighted by Crippen LogP contribution is 2.60. The first-order valence-electron chi connectivity index (χ1n) is 11.9. The molecule has 3 aliphatic carbocycles. The summed E-state index contributed by atoms with van der Waals surface area (Å²) in [5, 5.41) is 0. The fourth-order valence-electron chi connectivity index (χ4n) is 6.00. The van der Waals surface area contributed by atoms with Crippen molar-refractivity contribution in [3.63, 3.8) is 0 Å². The van der Waals surface area contributed by atoms with Crippen LogP contribution < -0.4 is 0 Å². The van der Waals surface area contributed by atoms with E-state index in [0.717, 1.165) is 19.3 Å². The highest BCUT2D eigenvalue weighted by atomic mass is 16.6. The summed E-state index contributed by atoms with van der Waals surface area (Å²) in [4.78, 5) is 26.2. The number of fused-ring (bicyclic) bond motifs is 3. The van der Waals surface area contributed by atoms with Crippen molar-refractivity contribution in [1.29, 1.82) is 0 Å². The molecular weight excluding hydrogens is 400 g/mol. The lowest BCUT2D eigenvalue weighted by Gasteiger charge is -2.60. The molecule has 3 saturated carbocycles. The molecule has 0 amide bonds. The molecule has 2 aromatic rings. The lowest BCUT2D eigenvalue weighted by atomic mass is 9.48. The summed E-state index contributed by atoms with van der Waals surface area (Å²) in [5.74, 6) is 0.720. The molecule has 2 bridgehead atoms. The topological polar surface area (TPSA) is 52.6 Å². The minimum Gasteiger partial charge on any atom is -0.454 e. The molecule has 0 spiro atoms. The molecule has 3 aliphatic rings. The quantitative estimate of drug-likeness (QED) is 0.511. The monoisotopic (exact) mass is 434 g/mol. The van der Waals surface area contributed by atoms with Gasteiger partial charge in [-0.1, -0.05) is 64.1 Å². The Morgan fingerprint density at radius 2 is 1.38 bits per heavy atom. The van der Waals surface area contributed by atoms with E-state index < -0.39 is 12.2 Å². The van der Waals surface area contributed by atoms with Gasteiger partial charge in [-0.25, -0.2) is 9.59 Å². The van der Waals surface area contributed by atoms with E-state index in [1.807, 2.05) is 36.4 Å².